The zero-order chi connectivity index (χ0) is 15.2. The fourth-order valence-corrected chi connectivity index (χ4v) is 2.90. The molecule has 0 aromatic rings. The monoisotopic (exact) mass is 284 g/mol. The molecule has 5 nitrogen and oxygen atoms in total. The summed E-state index contributed by atoms with van der Waals surface area (Å²) in [6, 6.07) is -0.565. The van der Waals surface area contributed by atoms with E-state index in [-0.39, 0.29) is 23.3 Å². The molecule has 1 saturated carbocycles. The van der Waals surface area contributed by atoms with Gasteiger partial charge in [-0.1, -0.05) is 33.1 Å². The Morgan fingerprint density at radius 3 is 2.25 bits per heavy atom. The van der Waals surface area contributed by atoms with Crippen molar-refractivity contribution in [1.29, 1.82) is 0 Å². The Kier molecular flexibility index (Phi) is 6.46. The summed E-state index contributed by atoms with van der Waals surface area (Å²) in [5, 5.41) is 6.14. The number of carbonyl (C=O) groups excluding carboxylic acids is 2. The number of rotatable bonds is 6. The third kappa shape index (κ3) is 4.47. The first kappa shape index (κ1) is 17.0. The molecule has 1 unspecified atom stereocenters. The fraction of sp³-hybridized carbons (Fsp3) is 0.867. The Morgan fingerprint density at radius 1 is 1.20 bits per heavy atom. The van der Waals surface area contributed by atoms with Crippen LogP contribution < -0.4 is 10.6 Å². The molecule has 0 saturated heterocycles. The van der Waals surface area contributed by atoms with Gasteiger partial charge in [-0.15, -0.1) is 0 Å². The minimum atomic E-state index is -0.565. The normalized spacial score (nSPS) is 19.4. The van der Waals surface area contributed by atoms with Crippen LogP contribution in [0.4, 0.5) is 0 Å². The van der Waals surface area contributed by atoms with E-state index in [1.807, 2.05) is 20.9 Å². The van der Waals surface area contributed by atoms with Gasteiger partial charge in [-0.05, 0) is 25.8 Å². The van der Waals surface area contributed by atoms with Gasteiger partial charge in [0.2, 0.25) is 5.91 Å². The van der Waals surface area contributed by atoms with Gasteiger partial charge in [0.05, 0.1) is 7.11 Å². The molecule has 0 heterocycles. The summed E-state index contributed by atoms with van der Waals surface area (Å²) < 4.78 is 4.75. The van der Waals surface area contributed by atoms with Gasteiger partial charge < -0.3 is 15.4 Å². The van der Waals surface area contributed by atoms with Crippen LogP contribution in [-0.4, -0.2) is 37.6 Å². The second-order valence-corrected chi connectivity index (χ2v) is 6.08. The third-order valence-corrected chi connectivity index (χ3v) is 4.28. The number of esters is 1. The van der Waals surface area contributed by atoms with Crippen LogP contribution in [0.2, 0.25) is 0 Å². The number of hydrogen-bond acceptors (Lipinski definition) is 4. The molecule has 1 fully saturated rings. The lowest BCUT2D eigenvalue weighted by Gasteiger charge is -2.37. The van der Waals surface area contributed by atoms with E-state index in [9.17, 15) is 9.59 Å². The molecule has 0 radical (unpaired) electrons. The van der Waals surface area contributed by atoms with Crippen molar-refractivity contribution in [2.75, 3.05) is 14.2 Å². The number of ether oxygens (including phenoxy) is 1. The first-order valence-corrected chi connectivity index (χ1v) is 7.50. The SMILES string of the molecule is CNC1(CC(=O)NC(C(=O)OC)C(C)C)CCCCC1. The first-order chi connectivity index (χ1) is 9.44. The molecule has 0 aliphatic heterocycles. The highest BCUT2D eigenvalue weighted by atomic mass is 16.5. The maximum Gasteiger partial charge on any atom is 0.328 e. The van der Waals surface area contributed by atoms with Crippen LogP contribution in [0.25, 0.3) is 0 Å². The van der Waals surface area contributed by atoms with E-state index in [2.05, 4.69) is 10.6 Å². The molecule has 1 atom stereocenters. The van der Waals surface area contributed by atoms with Gasteiger partial charge in [-0.3, -0.25) is 4.79 Å². The van der Waals surface area contributed by atoms with Crippen LogP contribution >= 0.6 is 0 Å². The van der Waals surface area contributed by atoms with Gasteiger partial charge in [0.1, 0.15) is 6.04 Å². The molecule has 116 valence electrons. The zero-order valence-corrected chi connectivity index (χ0v) is 13.1. The predicted octanol–water partition coefficient (Wildman–Crippen LogP) is 1.61. The predicted molar refractivity (Wildman–Crippen MR) is 78.3 cm³/mol. The average molecular weight is 284 g/mol. The van der Waals surface area contributed by atoms with Crippen molar-refractivity contribution in [3.8, 4) is 0 Å². The number of hydrogen-bond donors (Lipinski definition) is 2. The van der Waals surface area contributed by atoms with E-state index in [1.54, 1.807) is 0 Å². The first-order valence-electron chi connectivity index (χ1n) is 7.50. The van der Waals surface area contributed by atoms with Crippen molar-refractivity contribution in [2.24, 2.45) is 5.92 Å². The molecule has 0 aromatic carbocycles. The van der Waals surface area contributed by atoms with Gasteiger partial charge in [0.25, 0.3) is 0 Å². The maximum absolute atomic E-state index is 12.3. The van der Waals surface area contributed by atoms with Gasteiger partial charge in [0.15, 0.2) is 0 Å². The van der Waals surface area contributed by atoms with E-state index < -0.39 is 6.04 Å². The third-order valence-electron chi connectivity index (χ3n) is 4.28. The molecule has 1 aliphatic carbocycles. The highest BCUT2D eigenvalue weighted by Gasteiger charge is 2.34. The molecule has 0 bridgehead atoms. The Morgan fingerprint density at radius 2 is 1.80 bits per heavy atom. The summed E-state index contributed by atoms with van der Waals surface area (Å²) in [5.74, 6) is -0.441. The molecular formula is C15H28N2O3. The minimum Gasteiger partial charge on any atom is -0.467 e. The number of nitrogens with one attached hydrogen (secondary N) is 2. The van der Waals surface area contributed by atoms with E-state index >= 15 is 0 Å². The number of amides is 1. The van der Waals surface area contributed by atoms with Crippen LogP contribution in [0.5, 0.6) is 0 Å². The Hall–Kier alpha value is -1.10. The van der Waals surface area contributed by atoms with Gasteiger partial charge >= 0.3 is 5.97 Å². The van der Waals surface area contributed by atoms with Crippen molar-refractivity contribution in [3.63, 3.8) is 0 Å². The molecule has 0 spiro atoms. The minimum absolute atomic E-state index is 0.0169. The lowest BCUT2D eigenvalue weighted by molar-refractivity contribution is -0.146. The molecule has 1 amide bonds. The summed E-state index contributed by atoms with van der Waals surface area (Å²) in [7, 11) is 3.26. The van der Waals surface area contributed by atoms with Crippen LogP contribution in [-0.2, 0) is 14.3 Å². The van der Waals surface area contributed by atoms with Crippen LogP contribution in [0.1, 0.15) is 52.4 Å². The number of carbonyl (C=O) groups is 2. The van der Waals surface area contributed by atoms with Crippen LogP contribution in [0.15, 0.2) is 0 Å². The fourth-order valence-electron chi connectivity index (χ4n) is 2.90. The average Bonchev–Trinajstić information content (AvgIpc) is 2.44. The Balaban J connectivity index is 2.62. The molecule has 20 heavy (non-hydrogen) atoms. The lowest BCUT2D eigenvalue weighted by atomic mass is 9.79. The topological polar surface area (TPSA) is 67.4 Å². The summed E-state index contributed by atoms with van der Waals surface area (Å²) >= 11 is 0. The maximum atomic E-state index is 12.3. The van der Waals surface area contributed by atoms with Crippen LogP contribution in [0.3, 0.4) is 0 Å². The lowest BCUT2D eigenvalue weighted by Crippen LogP contribution is -2.51. The second-order valence-electron chi connectivity index (χ2n) is 6.08. The van der Waals surface area contributed by atoms with E-state index in [1.165, 1.54) is 13.5 Å². The summed E-state index contributed by atoms with van der Waals surface area (Å²) in [4.78, 5) is 23.9. The number of methoxy groups -OCH3 is 1. The molecule has 1 rings (SSSR count). The molecule has 0 aromatic heterocycles. The molecular weight excluding hydrogens is 256 g/mol. The van der Waals surface area contributed by atoms with Gasteiger partial charge in [-0.25, -0.2) is 4.79 Å². The highest BCUT2D eigenvalue weighted by molar-refractivity contribution is 5.85. The Bertz CT molecular complexity index is 336. The Labute approximate surface area is 121 Å². The summed E-state index contributed by atoms with van der Waals surface area (Å²) in [6.45, 7) is 3.80. The summed E-state index contributed by atoms with van der Waals surface area (Å²) in [5.41, 5.74) is -0.111. The zero-order valence-electron chi connectivity index (χ0n) is 13.1. The van der Waals surface area contributed by atoms with Gasteiger partial charge in [-0.2, -0.15) is 0 Å². The van der Waals surface area contributed by atoms with Crippen molar-refractivity contribution in [1.82, 2.24) is 10.6 Å². The molecule has 5 heteroatoms. The standard InChI is InChI=1S/C15H28N2O3/c1-11(2)13(14(19)20-4)17-12(18)10-15(16-3)8-6-5-7-9-15/h11,13,16H,5-10H2,1-4H3,(H,17,18). The highest BCUT2D eigenvalue weighted by Crippen LogP contribution is 2.30. The van der Waals surface area contributed by atoms with E-state index in [4.69, 9.17) is 4.74 Å². The van der Waals surface area contributed by atoms with Crippen molar-refractivity contribution in [2.45, 2.75) is 64.0 Å². The quantitative estimate of drug-likeness (QED) is 0.727. The van der Waals surface area contributed by atoms with E-state index in [0.717, 1.165) is 25.7 Å². The van der Waals surface area contributed by atoms with Crippen molar-refractivity contribution in [3.05, 3.63) is 0 Å². The largest absolute Gasteiger partial charge is 0.467 e. The molecule has 2 N–H and O–H groups in total. The second kappa shape index (κ2) is 7.62. The molecule has 1 aliphatic rings. The van der Waals surface area contributed by atoms with E-state index in [0.29, 0.717) is 6.42 Å². The smallest absolute Gasteiger partial charge is 0.328 e. The summed E-state index contributed by atoms with van der Waals surface area (Å²) in [6.07, 6.45) is 5.99. The van der Waals surface area contributed by atoms with Crippen molar-refractivity contribution >= 4 is 11.9 Å². The van der Waals surface area contributed by atoms with Crippen molar-refractivity contribution < 1.29 is 14.3 Å². The van der Waals surface area contributed by atoms with Crippen LogP contribution in [0, 0.1) is 5.92 Å². The van der Waals surface area contributed by atoms with Gasteiger partial charge in [0, 0.05) is 12.0 Å².